The third-order valence-electron chi connectivity index (χ3n) is 5.57. The van der Waals surface area contributed by atoms with Crippen LogP contribution in [-0.4, -0.2) is 35.3 Å². The Morgan fingerprint density at radius 1 is 1.18 bits per heavy atom. The number of benzene rings is 2. The summed E-state index contributed by atoms with van der Waals surface area (Å²) < 4.78 is 8.47. The van der Waals surface area contributed by atoms with E-state index in [0.29, 0.717) is 26.9 Å². The number of furan rings is 1. The second-order valence-corrected chi connectivity index (χ2v) is 8.66. The molecule has 5 aromatic rings. The number of hydrogen-bond donors (Lipinski definition) is 2. The highest BCUT2D eigenvalue weighted by Gasteiger charge is 2.23. The minimum atomic E-state index is -0.239. The zero-order valence-electron chi connectivity index (χ0n) is 17.7. The van der Waals surface area contributed by atoms with Gasteiger partial charge >= 0.3 is 0 Å². The van der Waals surface area contributed by atoms with Gasteiger partial charge in [0.25, 0.3) is 0 Å². The molecule has 0 unspecified atom stereocenters. The van der Waals surface area contributed by atoms with E-state index < -0.39 is 0 Å². The Morgan fingerprint density at radius 3 is 2.73 bits per heavy atom. The zero-order valence-corrected chi connectivity index (χ0v) is 20.1. The van der Waals surface area contributed by atoms with Gasteiger partial charge in [-0.1, -0.05) is 55.3 Å². The summed E-state index contributed by atoms with van der Waals surface area (Å²) in [6.07, 6.45) is 2.70. The van der Waals surface area contributed by atoms with Crippen molar-refractivity contribution < 1.29 is 9.52 Å². The van der Waals surface area contributed by atoms with Crippen LogP contribution in [0.2, 0.25) is 5.15 Å². The summed E-state index contributed by atoms with van der Waals surface area (Å²) in [6.45, 7) is 1.88. The molecule has 0 saturated carbocycles. The van der Waals surface area contributed by atoms with E-state index in [9.17, 15) is 5.11 Å². The van der Waals surface area contributed by atoms with Crippen LogP contribution in [0.3, 0.4) is 0 Å². The number of nitrogens with zero attached hydrogens (tertiary/aromatic N) is 5. The molecule has 0 aliphatic heterocycles. The number of aromatic nitrogens is 6. The fourth-order valence-corrected chi connectivity index (χ4v) is 4.82. The summed E-state index contributed by atoms with van der Waals surface area (Å²) in [5.41, 5.74) is 4.78. The van der Waals surface area contributed by atoms with Crippen molar-refractivity contribution >= 4 is 38.5 Å². The molecule has 5 rings (SSSR count). The molecule has 3 aromatic heterocycles. The second-order valence-electron chi connectivity index (χ2n) is 7.58. The van der Waals surface area contributed by atoms with Crippen LogP contribution >= 0.6 is 27.5 Å². The number of rotatable bonds is 7. The van der Waals surface area contributed by atoms with Crippen molar-refractivity contribution in [2.24, 2.45) is 0 Å². The molecule has 3 heterocycles. The maximum Gasteiger partial charge on any atom is 0.205 e. The second kappa shape index (κ2) is 9.09. The predicted octanol–water partition coefficient (Wildman–Crippen LogP) is 5.72. The summed E-state index contributed by atoms with van der Waals surface area (Å²) >= 11 is 9.97. The number of nitrogens with one attached hydrogen (secondary N) is 1. The average molecular weight is 528 g/mol. The first-order chi connectivity index (χ1) is 16.1. The number of aliphatic hydroxyl groups is 1. The van der Waals surface area contributed by atoms with E-state index in [1.807, 2.05) is 41.0 Å². The van der Waals surface area contributed by atoms with E-state index in [1.165, 1.54) is 0 Å². The van der Waals surface area contributed by atoms with E-state index in [-0.39, 0.29) is 6.61 Å². The molecule has 0 radical (unpaired) electrons. The molecule has 0 fully saturated rings. The number of unbranched alkanes of at least 4 members (excludes halogenated alkanes) is 1. The average Bonchev–Trinajstić information content (AvgIpc) is 3.54. The molecule has 0 bridgehead atoms. The van der Waals surface area contributed by atoms with Crippen molar-refractivity contribution in [2.45, 2.75) is 32.8 Å². The van der Waals surface area contributed by atoms with Gasteiger partial charge in [-0.05, 0) is 50.8 Å². The van der Waals surface area contributed by atoms with Crippen molar-refractivity contribution in [1.82, 2.24) is 30.2 Å². The first-order valence-electron chi connectivity index (χ1n) is 10.5. The monoisotopic (exact) mass is 526 g/mol. The van der Waals surface area contributed by atoms with Crippen LogP contribution in [0.15, 0.2) is 51.6 Å². The molecule has 0 saturated heterocycles. The predicted molar refractivity (Wildman–Crippen MR) is 129 cm³/mol. The lowest BCUT2D eigenvalue weighted by molar-refractivity contribution is 0.274. The first kappa shape index (κ1) is 21.8. The fraction of sp³-hybridized carbons (Fsp3) is 0.217. The van der Waals surface area contributed by atoms with E-state index in [1.54, 1.807) is 0 Å². The van der Waals surface area contributed by atoms with E-state index in [4.69, 9.17) is 16.0 Å². The molecular formula is C23H20BrClN6O2. The van der Waals surface area contributed by atoms with Gasteiger partial charge < -0.3 is 9.52 Å². The van der Waals surface area contributed by atoms with Crippen molar-refractivity contribution in [3.63, 3.8) is 0 Å². The van der Waals surface area contributed by atoms with Gasteiger partial charge in [-0.2, -0.15) is 5.21 Å². The number of aliphatic hydroxyl groups excluding tert-OH is 1. The summed E-state index contributed by atoms with van der Waals surface area (Å²) in [5, 5.41) is 25.7. The molecule has 0 aliphatic carbocycles. The fourth-order valence-electron chi connectivity index (χ4n) is 4.01. The SMILES string of the molecule is CCCCc1nc(Cl)c(CO)n1-c1c(Br)oc2ccc(-c3ccccc3-c3nn[nH]n3)cc12. The smallest absolute Gasteiger partial charge is 0.205 e. The first-order valence-corrected chi connectivity index (χ1v) is 11.7. The topological polar surface area (TPSA) is 106 Å². The Kier molecular flexibility index (Phi) is 6.01. The molecule has 8 nitrogen and oxygen atoms in total. The number of fused-ring (bicyclic) bond motifs is 1. The highest BCUT2D eigenvalue weighted by atomic mass is 79.9. The number of tetrazole rings is 1. The molecule has 2 aromatic carbocycles. The van der Waals surface area contributed by atoms with Gasteiger partial charge in [0.1, 0.15) is 17.1 Å². The van der Waals surface area contributed by atoms with Crippen LogP contribution in [0.4, 0.5) is 0 Å². The van der Waals surface area contributed by atoms with Gasteiger partial charge in [0, 0.05) is 17.4 Å². The van der Waals surface area contributed by atoms with Crippen molar-refractivity contribution in [1.29, 1.82) is 0 Å². The van der Waals surface area contributed by atoms with E-state index in [2.05, 4.69) is 54.5 Å². The number of H-pyrrole nitrogens is 1. The van der Waals surface area contributed by atoms with Crippen LogP contribution in [0.25, 0.3) is 39.2 Å². The highest BCUT2D eigenvalue weighted by Crippen LogP contribution is 2.39. The number of imidazole rings is 1. The minimum absolute atomic E-state index is 0.239. The quantitative estimate of drug-likeness (QED) is 0.281. The van der Waals surface area contributed by atoms with Crippen LogP contribution in [0.1, 0.15) is 31.3 Å². The third kappa shape index (κ3) is 3.86. The van der Waals surface area contributed by atoms with Gasteiger partial charge in [0.05, 0.1) is 12.3 Å². The Balaban J connectivity index is 1.72. The largest absolute Gasteiger partial charge is 0.447 e. The summed E-state index contributed by atoms with van der Waals surface area (Å²) in [5.74, 6) is 1.30. The summed E-state index contributed by atoms with van der Waals surface area (Å²) in [6, 6.07) is 13.9. The maximum atomic E-state index is 10.1. The molecular weight excluding hydrogens is 508 g/mol. The third-order valence-corrected chi connectivity index (χ3v) is 6.41. The normalized spacial score (nSPS) is 11.5. The number of aryl methyl sites for hydroxylation is 1. The van der Waals surface area contributed by atoms with Gasteiger partial charge in [0.2, 0.25) is 5.82 Å². The molecule has 168 valence electrons. The van der Waals surface area contributed by atoms with Crippen LogP contribution in [-0.2, 0) is 13.0 Å². The van der Waals surface area contributed by atoms with Gasteiger partial charge in [-0.25, -0.2) is 4.98 Å². The minimum Gasteiger partial charge on any atom is -0.447 e. The lowest BCUT2D eigenvalue weighted by Gasteiger charge is -2.11. The zero-order chi connectivity index (χ0) is 22.9. The van der Waals surface area contributed by atoms with Crippen molar-refractivity contribution in [3.05, 3.63) is 63.8 Å². The Bertz CT molecular complexity index is 1430. The van der Waals surface area contributed by atoms with Crippen LogP contribution in [0, 0.1) is 0 Å². The van der Waals surface area contributed by atoms with E-state index in [0.717, 1.165) is 52.9 Å². The standard InChI is InChI=1S/C23H20BrClN6O2/c1-2-3-8-19-26-22(25)17(12-32)31(19)20-16-11-13(9-10-18(16)33-21(20)24)14-6-4-5-7-15(14)23-27-29-30-28-23/h4-7,9-11,32H,2-3,8,12H2,1H3,(H,27,28,29,30). The van der Waals surface area contributed by atoms with Crippen LogP contribution < -0.4 is 0 Å². The molecule has 0 amide bonds. The highest BCUT2D eigenvalue weighted by molar-refractivity contribution is 9.10. The number of hydrogen-bond acceptors (Lipinski definition) is 6. The lowest BCUT2D eigenvalue weighted by Crippen LogP contribution is -2.06. The van der Waals surface area contributed by atoms with Gasteiger partial charge in [-0.3, -0.25) is 4.57 Å². The number of aromatic amines is 1. The molecule has 0 atom stereocenters. The van der Waals surface area contributed by atoms with Crippen LogP contribution in [0.5, 0.6) is 0 Å². The molecule has 0 aliphatic rings. The number of halogens is 2. The Labute approximate surface area is 202 Å². The van der Waals surface area contributed by atoms with E-state index >= 15 is 0 Å². The molecule has 2 N–H and O–H groups in total. The summed E-state index contributed by atoms with van der Waals surface area (Å²) in [4.78, 5) is 4.53. The molecule has 33 heavy (non-hydrogen) atoms. The molecule has 10 heteroatoms. The molecule has 0 spiro atoms. The summed E-state index contributed by atoms with van der Waals surface area (Å²) in [7, 11) is 0. The van der Waals surface area contributed by atoms with Gasteiger partial charge in [-0.15, -0.1) is 10.2 Å². The Morgan fingerprint density at radius 2 is 2.00 bits per heavy atom. The van der Waals surface area contributed by atoms with Crippen molar-refractivity contribution in [2.75, 3.05) is 0 Å². The van der Waals surface area contributed by atoms with Gasteiger partial charge in [0.15, 0.2) is 9.82 Å². The lowest BCUT2D eigenvalue weighted by atomic mass is 9.98. The maximum absolute atomic E-state index is 10.1. The van der Waals surface area contributed by atoms with Crippen molar-refractivity contribution in [3.8, 4) is 28.2 Å². The Hall–Kier alpha value is -3.01.